The summed E-state index contributed by atoms with van der Waals surface area (Å²) >= 11 is 0. The number of rotatable bonds is 0. The Morgan fingerprint density at radius 1 is 1.35 bits per heavy atom. The molecule has 4 aliphatic rings. The Bertz CT molecular complexity index is 640. The van der Waals surface area contributed by atoms with Crippen molar-refractivity contribution in [2.75, 3.05) is 5.73 Å². The maximum Gasteiger partial charge on any atom is 0.0691 e. The molecule has 5 rings (SSSR count). The van der Waals surface area contributed by atoms with Crippen molar-refractivity contribution in [3.63, 3.8) is 0 Å². The van der Waals surface area contributed by atoms with Gasteiger partial charge in [-0.25, -0.2) is 0 Å². The monoisotopic (exact) mass is 224 g/mol. The van der Waals surface area contributed by atoms with Crippen LogP contribution in [0.2, 0.25) is 0 Å². The summed E-state index contributed by atoms with van der Waals surface area (Å²) in [4.78, 5) is 4.84. The summed E-state index contributed by atoms with van der Waals surface area (Å²) < 4.78 is 0. The van der Waals surface area contributed by atoms with Crippen LogP contribution in [0.3, 0.4) is 0 Å². The topological polar surface area (TPSA) is 38.9 Å². The number of aromatic nitrogens is 1. The largest absolute Gasteiger partial charge is 0.398 e. The van der Waals surface area contributed by atoms with Gasteiger partial charge in [0.2, 0.25) is 0 Å². The Balaban J connectivity index is 2.19. The van der Waals surface area contributed by atoms with E-state index < -0.39 is 0 Å². The van der Waals surface area contributed by atoms with Gasteiger partial charge in [-0.1, -0.05) is 18.2 Å². The van der Waals surface area contributed by atoms with E-state index in [1.54, 1.807) is 0 Å². The average molecular weight is 224 g/mol. The molecule has 1 aliphatic heterocycles. The van der Waals surface area contributed by atoms with Gasteiger partial charge in [0.25, 0.3) is 0 Å². The average Bonchev–Trinajstić information content (AvgIpc) is 2.47. The number of anilines is 1. The van der Waals surface area contributed by atoms with Crippen LogP contribution in [0.1, 0.15) is 36.4 Å². The molecule has 0 saturated heterocycles. The van der Waals surface area contributed by atoms with Crippen molar-refractivity contribution in [1.29, 1.82) is 0 Å². The van der Waals surface area contributed by atoms with Crippen LogP contribution in [0, 0.1) is 5.92 Å². The highest BCUT2D eigenvalue weighted by Gasteiger charge is 2.27. The van der Waals surface area contributed by atoms with E-state index in [-0.39, 0.29) is 0 Å². The Kier molecular flexibility index (Phi) is 1.79. The van der Waals surface area contributed by atoms with Crippen LogP contribution in [0.25, 0.3) is 12.2 Å². The quantitative estimate of drug-likeness (QED) is 0.720. The third kappa shape index (κ3) is 1.24. The lowest BCUT2D eigenvalue weighted by Gasteiger charge is -2.27. The maximum absolute atomic E-state index is 6.38. The molecule has 2 heterocycles. The molecule has 86 valence electrons. The summed E-state index contributed by atoms with van der Waals surface area (Å²) in [6.45, 7) is 0. The predicted molar refractivity (Wildman–Crippen MR) is 69.8 cm³/mol. The van der Waals surface area contributed by atoms with Crippen molar-refractivity contribution in [2.45, 2.75) is 31.6 Å². The standard InChI is InChI=1S/C15H16N2/c16-15-11-5-1-3-9-7-10-4-2-6-12(14(10)15)17-13(11)8-9/h2,4-6,9-10H,1,3,7-8,16H2. The minimum Gasteiger partial charge on any atom is -0.398 e. The van der Waals surface area contributed by atoms with E-state index >= 15 is 0 Å². The van der Waals surface area contributed by atoms with Gasteiger partial charge in [-0.15, -0.1) is 0 Å². The third-order valence-electron chi connectivity index (χ3n) is 4.38. The van der Waals surface area contributed by atoms with Gasteiger partial charge in [-0.2, -0.15) is 0 Å². The number of hydrogen-bond donors (Lipinski definition) is 1. The van der Waals surface area contributed by atoms with Crippen LogP contribution in [-0.4, -0.2) is 4.98 Å². The smallest absolute Gasteiger partial charge is 0.0691 e. The second-order valence-corrected chi connectivity index (χ2v) is 5.43. The first-order chi connectivity index (χ1) is 8.33. The third-order valence-corrected chi connectivity index (χ3v) is 4.38. The number of pyridine rings is 1. The summed E-state index contributed by atoms with van der Waals surface area (Å²) in [5, 5.41) is 2.35. The van der Waals surface area contributed by atoms with E-state index in [4.69, 9.17) is 10.7 Å². The van der Waals surface area contributed by atoms with Crippen molar-refractivity contribution in [3.05, 3.63) is 34.0 Å². The Labute approximate surface area is 101 Å². The molecule has 3 aliphatic carbocycles. The van der Waals surface area contributed by atoms with Crippen LogP contribution in [0.15, 0.2) is 12.2 Å². The van der Waals surface area contributed by atoms with Gasteiger partial charge in [0.1, 0.15) is 0 Å². The fourth-order valence-corrected chi connectivity index (χ4v) is 3.58. The number of nitrogen functional groups attached to an aromatic ring is 1. The first-order valence-electron chi connectivity index (χ1n) is 6.50. The van der Waals surface area contributed by atoms with Crippen LogP contribution in [0.5, 0.6) is 0 Å². The van der Waals surface area contributed by atoms with Gasteiger partial charge in [0.15, 0.2) is 0 Å². The highest BCUT2D eigenvalue weighted by molar-refractivity contribution is 5.60. The molecule has 2 unspecified atom stereocenters. The molecule has 1 aromatic rings. The molecule has 0 saturated carbocycles. The zero-order valence-corrected chi connectivity index (χ0v) is 9.82. The Hall–Kier alpha value is -1.57. The summed E-state index contributed by atoms with van der Waals surface area (Å²) in [7, 11) is 0. The molecule has 0 aromatic carbocycles. The predicted octanol–water partition coefficient (Wildman–Crippen LogP) is 1.23. The van der Waals surface area contributed by atoms with Crippen molar-refractivity contribution in [3.8, 4) is 0 Å². The van der Waals surface area contributed by atoms with Gasteiger partial charge >= 0.3 is 0 Å². The lowest BCUT2D eigenvalue weighted by molar-refractivity contribution is 0.427. The molecule has 2 N–H and O–H groups in total. The molecule has 2 nitrogen and oxygen atoms in total. The first-order valence-corrected chi connectivity index (χ1v) is 6.50. The molecular weight excluding hydrogens is 208 g/mol. The van der Waals surface area contributed by atoms with Crippen LogP contribution in [0.4, 0.5) is 5.69 Å². The molecule has 2 heteroatoms. The first kappa shape index (κ1) is 9.46. The lowest BCUT2D eigenvalue weighted by atomic mass is 9.80. The van der Waals surface area contributed by atoms with Crippen molar-refractivity contribution < 1.29 is 0 Å². The van der Waals surface area contributed by atoms with Crippen molar-refractivity contribution >= 4 is 17.8 Å². The van der Waals surface area contributed by atoms with Crippen LogP contribution < -0.4 is 16.3 Å². The maximum atomic E-state index is 6.38. The van der Waals surface area contributed by atoms with Gasteiger partial charge < -0.3 is 5.73 Å². The Morgan fingerprint density at radius 3 is 3.24 bits per heavy atom. The molecule has 2 atom stereocenters. The van der Waals surface area contributed by atoms with Gasteiger partial charge in [-0.3, -0.25) is 4.98 Å². The van der Waals surface area contributed by atoms with E-state index in [1.165, 1.54) is 29.3 Å². The normalized spacial score (nSPS) is 28.0. The van der Waals surface area contributed by atoms with Gasteiger partial charge in [0, 0.05) is 22.4 Å². The van der Waals surface area contributed by atoms with Gasteiger partial charge in [0.05, 0.1) is 11.0 Å². The number of allylic oxidation sites excluding steroid dienone is 2. The van der Waals surface area contributed by atoms with Crippen molar-refractivity contribution in [1.82, 2.24) is 4.98 Å². The minimum absolute atomic E-state index is 0.493. The van der Waals surface area contributed by atoms with Gasteiger partial charge in [-0.05, 0) is 37.7 Å². The zero-order valence-electron chi connectivity index (χ0n) is 9.82. The molecule has 17 heavy (non-hydrogen) atoms. The summed E-state index contributed by atoms with van der Waals surface area (Å²) in [6.07, 6.45) is 13.6. The van der Waals surface area contributed by atoms with E-state index in [0.29, 0.717) is 5.92 Å². The highest BCUT2D eigenvalue weighted by Crippen LogP contribution is 2.34. The summed E-state index contributed by atoms with van der Waals surface area (Å²) in [5.74, 6) is 1.27. The van der Waals surface area contributed by atoms with E-state index in [2.05, 4.69) is 24.3 Å². The molecule has 0 fully saturated rings. The molecular formula is C15H16N2. The molecule has 0 radical (unpaired) electrons. The molecule has 0 amide bonds. The zero-order chi connectivity index (χ0) is 11.4. The number of hydrogen-bond acceptors (Lipinski definition) is 2. The van der Waals surface area contributed by atoms with E-state index in [1.807, 2.05) is 0 Å². The summed E-state index contributed by atoms with van der Waals surface area (Å²) in [6, 6.07) is 0. The second kappa shape index (κ2) is 3.22. The van der Waals surface area contributed by atoms with E-state index in [0.717, 1.165) is 29.8 Å². The van der Waals surface area contributed by atoms with Crippen LogP contribution >= 0.6 is 0 Å². The minimum atomic E-state index is 0.493. The number of nitrogens with zero attached hydrogens (tertiary/aromatic N) is 1. The fourth-order valence-electron chi connectivity index (χ4n) is 3.58. The van der Waals surface area contributed by atoms with Crippen molar-refractivity contribution in [2.24, 2.45) is 5.92 Å². The second-order valence-electron chi connectivity index (χ2n) is 5.43. The Morgan fingerprint density at radius 2 is 2.29 bits per heavy atom. The molecule has 0 spiro atoms. The molecule has 6 bridgehead atoms. The number of nitrogens with two attached hydrogens (primary N) is 1. The van der Waals surface area contributed by atoms with Crippen LogP contribution in [-0.2, 0) is 6.42 Å². The summed E-state index contributed by atoms with van der Waals surface area (Å²) in [5.41, 5.74) is 9.90. The molecule has 1 aromatic heterocycles. The SMILES string of the molecule is Nc1c2c3nc4c1=CCCC(C4)CC2C=CC=3. The lowest BCUT2D eigenvalue weighted by Crippen LogP contribution is -2.34. The fraction of sp³-hybridized carbons (Fsp3) is 0.400. The van der Waals surface area contributed by atoms with E-state index in [9.17, 15) is 0 Å². The highest BCUT2D eigenvalue weighted by atomic mass is 14.7.